The Morgan fingerprint density at radius 3 is 2.76 bits per heavy atom. The summed E-state index contributed by atoms with van der Waals surface area (Å²) in [7, 11) is -3.62. The molecule has 0 saturated heterocycles. The van der Waals surface area contributed by atoms with Crippen LogP contribution in [0.5, 0.6) is 0 Å². The molecule has 0 bridgehead atoms. The van der Waals surface area contributed by atoms with Crippen LogP contribution in [0.4, 0.5) is 0 Å². The Kier molecular flexibility index (Phi) is 5.17. The number of benzene rings is 1. The van der Waals surface area contributed by atoms with Gasteiger partial charge in [0.05, 0.1) is 17.1 Å². The molecular weight excluding hydrogens is 360 g/mol. The Morgan fingerprint density at radius 2 is 2.00 bits per heavy atom. The van der Waals surface area contributed by atoms with E-state index in [0.717, 1.165) is 11.4 Å². The van der Waals surface area contributed by atoms with Gasteiger partial charge in [-0.3, -0.25) is 9.67 Å². The molecule has 0 aliphatic heterocycles. The van der Waals surface area contributed by atoms with Gasteiger partial charge in [-0.15, -0.1) is 0 Å². The minimum atomic E-state index is -3.62. The van der Waals surface area contributed by atoms with E-state index in [4.69, 9.17) is 11.6 Å². The summed E-state index contributed by atoms with van der Waals surface area (Å²) < 4.78 is 29.1. The van der Waals surface area contributed by atoms with E-state index >= 15 is 0 Å². The van der Waals surface area contributed by atoms with E-state index < -0.39 is 10.0 Å². The van der Waals surface area contributed by atoms with Crippen molar-refractivity contribution in [2.75, 3.05) is 6.54 Å². The van der Waals surface area contributed by atoms with Crippen LogP contribution in [0.25, 0.3) is 11.4 Å². The van der Waals surface area contributed by atoms with Crippen molar-refractivity contribution in [2.45, 2.75) is 18.4 Å². The number of rotatable bonds is 6. The second-order valence-corrected chi connectivity index (χ2v) is 7.66. The van der Waals surface area contributed by atoms with Crippen LogP contribution in [0, 0.1) is 6.92 Å². The molecule has 0 fully saturated rings. The zero-order valence-corrected chi connectivity index (χ0v) is 15.1. The van der Waals surface area contributed by atoms with Gasteiger partial charge in [-0.25, -0.2) is 13.1 Å². The highest BCUT2D eigenvalue weighted by Gasteiger charge is 2.16. The van der Waals surface area contributed by atoms with Gasteiger partial charge >= 0.3 is 0 Å². The van der Waals surface area contributed by atoms with Gasteiger partial charge in [-0.2, -0.15) is 5.10 Å². The summed E-state index contributed by atoms with van der Waals surface area (Å²) in [4.78, 5) is 4.43. The number of aromatic nitrogens is 3. The topological polar surface area (TPSA) is 76.9 Å². The van der Waals surface area contributed by atoms with Gasteiger partial charge in [-0.05, 0) is 42.8 Å². The first-order valence-corrected chi connectivity index (χ1v) is 9.52. The third-order valence-electron chi connectivity index (χ3n) is 3.64. The van der Waals surface area contributed by atoms with Gasteiger partial charge in [0.25, 0.3) is 0 Å². The standard InChI is InChI=1S/C17H17ClN4O2S/c1-13-5-6-14(18)12-17(13)25(23,24)20-9-11-22-10-7-16(21-22)15-4-2-3-8-19-15/h2-8,10,12,20H,9,11H2,1H3. The fraction of sp³-hybridized carbons (Fsp3) is 0.176. The van der Waals surface area contributed by atoms with Gasteiger partial charge in [0.1, 0.15) is 5.69 Å². The van der Waals surface area contributed by atoms with E-state index in [1.165, 1.54) is 6.07 Å². The van der Waals surface area contributed by atoms with Crippen molar-refractivity contribution in [1.29, 1.82) is 0 Å². The van der Waals surface area contributed by atoms with Crippen molar-refractivity contribution in [2.24, 2.45) is 0 Å². The van der Waals surface area contributed by atoms with E-state index in [-0.39, 0.29) is 11.4 Å². The van der Waals surface area contributed by atoms with Crippen LogP contribution in [-0.2, 0) is 16.6 Å². The first-order valence-electron chi connectivity index (χ1n) is 7.66. The normalized spacial score (nSPS) is 11.6. The summed E-state index contributed by atoms with van der Waals surface area (Å²) in [5.41, 5.74) is 2.17. The molecule has 25 heavy (non-hydrogen) atoms. The summed E-state index contributed by atoms with van der Waals surface area (Å²) in [6, 6.07) is 12.2. The average molecular weight is 377 g/mol. The lowest BCUT2D eigenvalue weighted by Gasteiger charge is -2.09. The zero-order valence-electron chi connectivity index (χ0n) is 13.6. The molecule has 3 aromatic rings. The van der Waals surface area contributed by atoms with Gasteiger partial charge < -0.3 is 0 Å². The number of aryl methyl sites for hydroxylation is 1. The molecule has 8 heteroatoms. The Hall–Kier alpha value is -2.22. The van der Waals surface area contributed by atoms with Crippen LogP contribution in [0.15, 0.2) is 59.8 Å². The van der Waals surface area contributed by atoms with Gasteiger partial charge in [-0.1, -0.05) is 23.7 Å². The molecule has 2 aromatic heterocycles. The van der Waals surface area contributed by atoms with Gasteiger partial charge in [0.15, 0.2) is 0 Å². The van der Waals surface area contributed by atoms with Crippen LogP contribution in [-0.4, -0.2) is 29.7 Å². The quantitative estimate of drug-likeness (QED) is 0.717. The Morgan fingerprint density at radius 1 is 1.16 bits per heavy atom. The van der Waals surface area contributed by atoms with Crippen molar-refractivity contribution in [1.82, 2.24) is 19.5 Å². The van der Waals surface area contributed by atoms with Crippen LogP contribution >= 0.6 is 11.6 Å². The Bertz CT molecular complexity index is 971. The molecule has 0 aliphatic rings. The van der Waals surface area contributed by atoms with Crippen LogP contribution in [0.2, 0.25) is 5.02 Å². The molecule has 2 heterocycles. The highest BCUT2D eigenvalue weighted by Crippen LogP contribution is 2.20. The molecule has 1 N–H and O–H groups in total. The van der Waals surface area contributed by atoms with E-state index in [2.05, 4.69) is 14.8 Å². The molecule has 0 saturated carbocycles. The number of nitrogens with zero attached hydrogens (tertiary/aromatic N) is 3. The van der Waals surface area contributed by atoms with E-state index in [0.29, 0.717) is 17.1 Å². The lowest BCUT2D eigenvalue weighted by atomic mass is 10.2. The molecule has 0 amide bonds. The predicted octanol–water partition coefficient (Wildman–Crippen LogP) is 2.89. The van der Waals surface area contributed by atoms with Crippen molar-refractivity contribution in [3.05, 3.63) is 65.4 Å². The number of hydrogen-bond acceptors (Lipinski definition) is 4. The number of sulfonamides is 1. The van der Waals surface area contributed by atoms with Crippen molar-refractivity contribution in [3.63, 3.8) is 0 Å². The molecular formula is C17H17ClN4O2S. The predicted molar refractivity (Wildman–Crippen MR) is 96.8 cm³/mol. The van der Waals surface area contributed by atoms with Gasteiger partial charge in [0, 0.05) is 24.0 Å². The lowest BCUT2D eigenvalue weighted by molar-refractivity contribution is 0.561. The third-order valence-corrected chi connectivity index (χ3v) is 5.48. The molecule has 0 atom stereocenters. The maximum absolute atomic E-state index is 12.4. The number of nitrogens with one attached hydrogen (secondary N) is 1. The maximum atomic E-state index is 12.4. The van der Waals surface area contributed by atoms with E-state index in [1.807, 2.05) is 24.3 Å². The van der Waals surface area contributed by atoms with Crippen LogP contribution < -0.4 is 4.72 Å². The SMILES string of the molecule is Cc1ccc(Cl)cc1S(=O)(=O)NCCn1ccc(-c2ccccn2)n1. The summed E-state index contributed by atoms with van der Waals surface area (Å²) in [5, 5.41) is 4.79. The summed E-state index contributed by atoms with van der Waals surface area (Å²) >= 11 is 5.90. The lowest BCUT2D eigenvalue weighted by Crippen LogP contribution is -2.28. The largest absolute Gasteiger partial charge is 0.271 e. The fourth-order valence-electron chi connectivity index (χ4n) is 2.37. The molecule has 3 rings (SSSR count). The second-order valence-electron chi connectivity index (χ2n) is 5.49. The zero-order chi connectivity index (χ0) is 17.9. The van der Waals surface area contributed by atoms with Gasteiger partial charge in [0.2, 0.25) is 10.0 Å². The number of halogens is 1. The van der Waals surface area contributed by atoms with Crippen molar-refractivity contribution < 1.29 is 8.42 Å². The number of hydrogen-bond donors (Lipinski definition) is 1. The monoisotopic (exact) mass is 376 g/mol. The molecule has 1 aromatic carbocycles. The first-order chi connectivity index (χ1) is 12.0. The molecule has 0 unspecified atom stereocenters. The first kappa shape index (κ1) is 17.6. The summed E-state index contributed by atoms with van der Waals surface area (Å²) in [6.07, 6.45) is 3.50. The minimum absolute atomic E-state index is 0.189. The molecule has 130 valence electrons. The average Bonchev–Trinajstić information content (AvgIpc) is 3.06. The van der Waals surface area contributed by atoms with Crippen molar-refractivity contribution in [3.8, 4) is 11.4 Å². The van der Waals surface area contributed by atoms with E-state index in [9.17, 15) is 8.42 Å². The fourth-order valence-corrected chi connectivity index (χ4v) is 3.90. The number of pyridine rings is 1. The van der Waals surface area contributed by atoms with Crippen LogP contribution in [0.3, 0.4) is 0 Å². The molecule has 6 nitrogen and oxygen atoms in total. The Balaban J connectivity index is 1.65. The highest BCUT2D eigenvalue weighted by atomic mass is 35.5. The molecule has 0 radical (unpaired) electrons. The Labute approximate surface area is 151 Å². The van der Waals surface area contributed by atoms with Crippen LogP contribution in [0.1, 0.15) is 5.56 Å². The summed E-state index contributed by atoms with van der Waals surface area (Å²) in [6.45, 7) is 2.36. The highest BCUT2D eigenvalue weighted by molar-refractivity contribution is 7.89. The maximum Gasteiger partial charge on any atom is 0.240 e. The summed E-state index contributed by atoms with van der Waals surface area (Å²) in [5.74, 6) is 0. The van der Waals surface area contributed by atoms with Crippen molar-refractivity contribution >= 4 is 21.6 Å². The molecule has 0 spiro atoms. The molecule has 0 aliphatic carbocycles. The van der Waals surface area contributed by atoms with E-state index in [1.54, 1.807) is 36.1 Å². The minimum Gasteiger partial charge on any atom is -0.271 e. The third kappa shape index (κ3) is 4.25. The second kappa shape index (κ2) is 7.35. The smallest absolute Gasteiger partial charge is 0.240 e.